The van der Waals surface area contributed by atoms with Gasteiger partial charge in [-0.25, -0.2) is 0 Å². The summed E-state index contributed by atoms with van der Waals surface area (Å²) < 4.78 is 0. The van der Waals surface area contributed by atoms with Gasteiger partial charge in [0, 0.05) is 12.8 Å². The molecule has 2 heteroatoms. The average molecular weight is 264 g/mol. The maximum Gasteiger partial charge on any atom is 0.133 e. The van der Waals surface area contributed by atoms with Crippen LogP contribution in [0.2, 0.25) is 0 Å². The predicted octanol–water partition coefficient (Wildman–Crippen LogP) is 3.86. The van der Waals surface area contributed by atoms with E-state index in [4.69, 9.17) is 0 Å². The van der Waals surface area contributed by atoms with E-state index >= 15 is 0 Å². The number of hydrogen-bond acceptors (Lipinski definition) is 2. The number of carbonyl (C=O) groups excluding carboxylic acids is 1. The molecule has 0 radical (unpaired) electrons. The van der Waals surface area contributed by atoms with Crippen molar-refractivity contribution in [3.05, 3.63) is 0 Å². The second-order valence-corrected chi connectivity index (χ2v) is 8.36. The number of ketones is 1. The monoisotopic (exact) mass is 264 g/mol. The van der Waals surface area contributed by atoms with Crippen molar-refractivity contribution >= 4 is 5.78 Å². The van der Waals surface area contributed by atoms with Crippen LogP contribution >= 0.6 is 0 Å². The van der Waals surface area contributed by atoms with Gasteiger partial charge in [-0.3, -0.25) is 4.79 Å². The summed E-state index contributed by atoms with van der Waals surface area (Å²) in [6.45, 7) is 3.83. The van der Waals surface area contributed by atoms with Crippen molar-refractivity contribution in [3.8, 4) is 0 Å². The molecule has 0 bridgehead atoms. The highest BCUT2D eigenvalue weighted by Gasteiger charge is 2.61. The van der Waals surface area contributed by atoms with E-state index in [-0.39, 0.29) is 0 Å². The Morgan fingerprint density at radius 3 is 2.79 bits per heavy atom. The van der Waals surface area contributed by atoms with E-state index in [9.17, 15) is 9.90 Å². The molecule has 3 fully saturated rings. The van der Waals surface area contributed by atoms with Crippen LogP contribution in [0.15, 0.2) is 0 Å². The number of Topliss-reactive ketones (excluding diaryl/α,β-unsaturated/α-hetero) is 1. The van der Waals surface area contributed by atoms with Gasteiger partial charge in [0.1, 0.15) is 5.78 Å². The summed E-state index contributed by atoms with van der Waals surface area (Å²) in [5, 5.41) is 9.86. The van der Waals surface area contributed by atoms with Crippen LogP contribution in [0.25, 0.3) is 0 Å². The first kappa shape index (κ1) is 13.6. The molecule has 3 aliphatic carbocycles. The molecule has 0 saturated heterocycles. The molecule has 3 saturated carbocycles. The molecule has 3 rings (SSSR count). The lowest BCUT2D eigenvalue weighted by molar-refractivity contribution is -0.123. The first-order valence-electron chi connectivity index (χ1n) is 8.07. The molecule has 0 aromatic rings. The second-order valence-electron chi connectivity index (χ2n) is 8.36. The van der Waals surface area contributed by atoms with Gasteiger partial charge in [0.05, 0.1) is 5.60 Å². The van der Waals surface area contributed by atoms with Gasteiger partial charge in [-0.15, -0.1) is 0 Å². The van der Waals surface area contributed by atoms with Crippen molar-refractivity contribution in [3.63, 3.8) is 0 Å². The molecule has 0 aromatic carbocycles. The van der Waals surface area contributed by atoms with Gasteiger partial charge in [0.25, 0.3) is 0 Å². The van der Waals surface area contributed by atoms with Crippen LogP contribution < -0.4 is 0 Å². The van der Waals surface area contributed by atoms with E-state index in [0.29, 0.717) is 16.6 Å². The van der Waals surface area contributed by atoms with Crippen molar-refractivity contribution in [1.82, 2.24) is 0 Å². The van der Waals surface area contributed by atoms with Gasteiger partial charge in [-0.1, -0.05) is 0 Å². The molecule has 0 heterocycles. The summed E-state index contributed by atoms with van der Waals surface area (Å²) in [6.07, 6.45) is 11.5. The zero-order valence-electron chi connectivity index (χ0n) is 12.5. The van der Waals surface area contributed by atoms with E-state index in [1.165, 1.54) is 38.5 Å². The fraction of sp³-hybridized carbons (Fsp3) is 0.941. The molecule has 0 amide bonds. The third-order valence-electron chi connectivity index (χ3n) is 6.08. The summed E-state index contributed by atoms with van der Waals surface area (Å²) in [5.41, 5.74) is 0.447. The van der Waals surface area contributed by atoms with Crippen molar-refractivity contribution in [2.45, 2.75) is 83.7 Å². The molecule has 19 heavy (non-hydrogen) atoms. The smallest absolute Gasteiger partial charge is 0.133 e. The Kier molecular flexibility index (Phi) is 3.09. The van der Waals surface area contributed by atoms with Crippen LogP contribution in [0.1, 0.15) is 78.1 Å². The van der Waals surface area contributed by atoms with Crippen LogP contribution in [0, 0.1) is 16.7 Å². The van der Waals surface area contributed by atoms with Crippen molar-refractivity contribution in [2.75, 3.05) is 0 Å². The Labute approximate surface area is 117 Å². The van der Waals surface area contributed by atoms with Crippen LogP contribution in [-0.4, -0.2) is 16.5 Å². The third-order valence-corrected chi connectivity index (χ3v) is 6.08. The normalized spacial score (nSPS) is 42.3. The van der Waals surface area contributed by atoms with E-state index in [2.05, 4.69) is 0 Å². The van der Waals surface area contributed by atoms with Crippen molar-refractivity contribution in [2.24, 2.45) is 16.7 Å². The Morgan fingerprint density at radius 2 is 2.11 bits per heavy atom. The summed E-state index contributed by atoms with van der Waals surface area (Å²) in [7, 11) is 0. The largest absolute Gasteiger partial charge is 0.390 e. The highest BCUT2D eigenvalue weighted by molar-refractivity contribution is 5.80. The average Bonchev–Trinajstić information content (AvgIpc) is 2.85. The fourth-order valence-corrected chi connectivity index (χ4v) is 4.95. The summed E-state index contributed by atoms with van der Waals surface area (Å²) in [5.74, 6) is 1.34. The topological polar surface area (TPSA) is 37.3 Å². The van der Waals surface area contributed by atoms with Gasteiger partial charge in [-0.05, 0) is 82.0 Å². The summed E-state index contributed by atoms with van der Waals surface area (Å²) in [6, 6.07) is 0. The zero-order valence-corrected chi connectivity index (χ0v) is 12.5. The predicted molar refractivity (Wildman–Crippen MR) is 75.8 cm³/mol. The Balaban J connectivity index is 1.57. The molecule has 2 nitrogen and oxygen atoms in total. The van der Waals surface area contributed by atoms with Gasteiger partial charge in [0.15, 0.2) is 0 Å². The Hall–Kier alpha value is -0.370. The maximum atomic E-state index is 11.8. The third kappa shape index (κ3) is 2.74. The lowest BCUT2D eigenvalue weighted by Gasteiger charge is -2.32. The fourth-order valence-electron chi connectivity index (χ4n) is 4.95. The molecule has 0 aliphatic heterocycles. The van der Waals surface area contributed by atoms with Gasteiger partial charge in [-0.2, -0.15) is 0 Å². The number of rotatable bonds is 3. The minimum atomic E-state index is -0.513. The molecule has 2 spiro atoms. The molecule has 108 valence electrons. The molecule has 1 N–H and O–H groups in total. The van der Waals surface area contributed by atoms with E-state index in [1.807, 2.05) is 13.8 Å². The molecule has 3 atom stereocenters. The SMILES string of the molecule is CC(C)(O)CCC1CC12CC[C@]1(CCCC(=O)C1)C2. The molecule has 2 unspecified atom stereocenters. The van der Waals surface area contributed by atoms with Crippen LogP contribution in [-0.2, 0) is 4.79 Å². The molecular weight excluding hydrogens is 236 g/mol. The van der Waals surface area contributed by atoms with Crippen LogP contribution in [0.5, 0.6) is 0 Å². The van der Waals surface area contributed by atoms with Crippen LogP contribution in [0.4, 0.5) is 0 Å². The van der Waals surface area contributed by atoms with Crippen molar-refractivity contribution in [1.29, 1.82) is 0 Å². The summed E-state index contributed by atoms with van der Waals surface area (Å²) >= 11 is 0. The molecular formula is C17H28O2. The minimum Gasteiger partial charge on any atom is -0.390 e. The Morgan fingerprint density at radius 1 is 1.32 bits per heavy atom. The van der Waals surface area contributed by atoms with E-state index < -0.39 is 5.60 Å². The zero-order chi connectivity index (χ0) is 13.7. The molecule has 0 aromatic heterocycles. The lowest BCUT2D eigenvalue weighted by Crippen LogP contribution is -2.26. The van der Waals surface area contributed by atoms with Gasteiger partial charge in [0.2, 0.25) is 0 Å². The molecule has 3 aliphatic rings. The second kappa shape index (κ2) is 4.31. The van der Waals surface area contributed by atoms with E-state index in [0.717, 1.165) is 31.6 Å². The van der Waals surface area contributed by atoms with Crippen molar-refractivity contribution < 1.29 is 9.90 Å². The maximum absolute atomic E-state index is 11.8. The first-order chi connectivity index (χ1) is 8.83. The van der Waals surface area contributed by atoms with Gasteiger partial charge < -0.3 is 5.11 Å². The number of aliphatic hydroxyl groups is 1. The quantitative estimate of drug-likeness (QED) is 0.840. The highest BCUT2D eigenvalue weighted by Crippen LogP contribution is 2.70. The van der Waals surface area contributed by atoms with Gasteiger partial charge >= 0.3 is 0 Å². The number of hydrogen-bond donors (Lipinski definition) is 1. The number of carbonyl (C=O) groups is 1. The Bertz CT molecular complexity index is 381. The van der Waals surface area contributed by atoms with E-state index in [1.54, 1.807) is 0 Å². The summed E-state index contributed by atoms with van der Waals surface area (Å²) in [4.78, 5) is 11.8. The minimum absolute atomic E-state index is 0.388. The van der Waals surface area contributed by atoms with Crippen LogP contribution in [0.3, 0.4) is 0 Å². The highest BCUT2D eigenvalue weighted by atomic mass is 16.3. The lowest BCUT2D eigenvalue weighted by atomic mass is 9.71. The first-order valence-corrected chi connectivity index (χ1v) is 8.07. The standard InChI is InChI=1S/C17H28O2/c1-15(2,19)7-5-13-10-17(13)9-8-16(12-17)6-3-4-14(18)11-16/h13,19H,3-12H2,1-2H3/t13?,16-,17?/m0/s1.